The molecule has 0 aromatic rings. The first-order chi connectivity index (χ1) is 4.70. The minimum atomic E-state index is 0.559. The van der Waals surface area contributed by atoms with Crippen LogP contribution in [0.2, 0.25) is 0 Å². The van der Waals surface area contributed by atoms with Gasteiger partial charge in [-0.1, -0.05) is 0 Å². The Morgan fingerprint density at radius 2 is 2.10 bits per heavy atom. The summed E-state index contributed by atoms with van der Waals surface area (Å²) in [6.07, 6.45) is 4.08. The largest absolute Gasteiger partial charge is 0.401 e. The molecule has 1 fully saturated rings. The standard InChI is InChI=1S/C7H13N3/c1-5(8)10-4-7(9)6-2-3-6/h4,6H,2-3,9H2,1H3,(H2,8,10)/b7-4-. The molecule has 1 aliphatic rings. The van der Waals surface area contributed by atoms with Crippen molar-refractivity contribution in [3.05, 3.63) is 11.9 Å². The van der Waals surface area contributed by atoms with Crippen molar-refractivity contribution < 1.29 is 0 Å². The van der Waals surface area contributed by atoms with E-state index < -0.39 is 0 Å². The molecule has 0 unspecified atom stereocenters. The highest BCUT2D eigenvalue weighted by atomic mass is 14.8. The van der Waals surface area contributed by atoms with Gasteiger partial charge in [-0.3, -0.25) is 0 Å². The number of rotatable bonds is 2. The molecule has 0 heterocycles. The van der Waals surface area contributed by atoms with E-state index in [9.17, 15) is 0 Å². The molecule has 4 N–H and O–H groups in total. The maximum atomic E-state index is 5.63. The monoisotopic (exact) mass is 139 g/mol. The molecule has 3 nitrogen and oxygen atoms in total. The van der Waals surface area contributed by atoms with E-state index >= 15 is 0 Å². The van der Waals surface area contributed by atoms with Crippen LogP contribution < -0.4 is 11.5 Å². The van der Waals surface area contributed by atoms with Crippen LogP contribution >= 0.6 is 0 Å². The molecule has 3 heteroatoms. The molecule has 0 radical (unpaired) electrons. The van der Waals surface area contributed by atoms with Gasteiger partial charge in [0.2, 0.25) is 0 Å². The fraction of sp³-hybridized carbons (Fsp3) is 0.571. The van der Waals surface area contributed by atoms with Gasteiger partial charge < -0.3 is 11.5 Å². The van der Waals surface area contributed by atoms with E-state index in [1.807, 2.05) is 0 Å². The summed E-state index contributed by atoms with van der Waals surface area (Å²) >= 11 is 0. The van der Waals surface area contributed by atoms with Crippen LogP contribution in [0, 0.1) is 5.92 Å². The summed E-state index contributed by atoms with van der Waals surface area (Å²) in [6.45, 7) is 1.75. The van der Waals surface area contributed by atoms with Crippen molar-refractivity contribution in [2.24, 2.45) is 22.4 Å². The van der Waals surface area contributed by atoms with Crippen LogP contribution in [-0.4, -0.2) is 5.84 Å². The van der Waals surface area contributed by atoms with Gasteiger partial charge in [-0.2, -0.15) is 0 Å². The van der Waals surface area contributed by atoms with E-state index in [2.05, 4.69) is 4.99 Å². The number of aliphatic imine (C=N–C) groups is 1. The van der Waals surface area contributed by atoms with Crippen LogP contribution in [0.4, 0.5) is 0 Å². The van der Waals surface area contributed by atoms with Gasteiger partial charge in [-0.25, -0.2) is 4.99 Å². The zero-order chi connectivity index (χ0) is 7.56. The van der Waals surface area contributed by atoms with Gasteiger partial charge in [0.25, 0.3) is 0 Å². The second-order valence-electron chi connectivity index (χ2n) is 2.67. The Balaban J connectivity index is 2.44. The average molecular weight is 139 g/mol. The van der Waals surface area contributed by atoms with Gasteiger partial charge in [0.05, 0.1) is 5.84 Å². The molecule has 1 rings (SSSR count). The summed E-state index contributed by atoms with van der Waals surface area (Å²) in [4.78, 5) is 3.89. The lowest BCUT2D eigenvalue weighted by atomic mass is 10.3. The van der Waals surface area contributed by atoms with E-state index in [1.54, 1.807) is 13.1 Å². The van der Waals surface area contributed by atoms with Crippen molar-refractivity contribution in [3.8, 4) is 0 Å². The zero-order valence-electron chi connectivity index (χ0n) is 6.17. The Morgan fingerprint density at radius 1 is 1.50 bits per heavy atom. The highest BCUT2D eigenvalue weighted by Gasteiger charge is 2.23. The Hall–Kier alpha value is -0.990. The van der Waals surface area contributed by atoms with E-state index in [0.29, 0.717) is 11.8 Å². The molecular formula is C7H13N3. The number of nitrogens with two attached hydrogens (primary N) is 2. The molecule has 1 aliphatic carbocycles. The highest BCUT2D eigenvalue weighted by Crippen LogP contribution is 2.33. The molecule has 10 heavy (non-hydrogen) atoms. The van der Waals surface area contributed by atoms with Crippen LogP contribution in [0.25, 0.3) is 0 Å². The topological polar surface area (TPSA) is 64.4 Å². The minimum absolute atomic E-state index is 0.559. The van der Waals surface area contributed by atoms with Crippen LogP contribution in [0.3, 0.4) is 0 Å². The highest BCUT2D eigenvalue weighted by molar-refractivity contribution is 5.78. The third kappa shape index (κ3) is 2.09. The van der Waals surface area contributed by atoms with Crippen molar-refractivity contribution in [2.75, 3.05) is 0 Å². The van der Waals surface area contributed by atoms with Crippen LogP contribution in [-0.2, 0) is 0 Å². The minimum Gasteiger partial charge on any atom is -0.401 e. The number of hydrogen-bond acceptors (Lipinski definition) is 2. The summed E-state index contributed by atoms with van der Waals surface area (Å²) in [5, 5.41) is 0. The molecule has 0 spiro atoms. The summed E-state index contributed by atoms with van der Waals surface area (Å²) in [5.41, 5.74) is 11.8. The lowest BCUT2D eigenvalue weighted by Gasteiger charge is -1.92. The van der Waals surface area contributed by atoms with Crippen LogP contribution in [0.15, 0.2) is 16.9 Å². The second-order valence-corrected chi connectivity index (χ2v) is 2.67. The quantitative estimate of drug-likeness (QED) is 0.434. The molecule has 0 saturated heterocycles. The average Bonchev–Trinajstić information content (AvgIpc) is 2.63. The van der Waals surface area contributed by atoms with E-state index in [1.165, 1.54) is 12.8 Å². The van der Waals surface area contributed by atoms with Crippen molar-refractivity contribution in [3.63, 3.8) is 0 Å². The number of amidine groups is 1. The molecular weight excluding hydrogens is 126 g/mol. The SMILES string of the molecule is C/C(N)=N/C=C(\N)C1CC1. The summed E-state index contributed by atoms with van der Waals surface area (Å²) in [6, 6.07) is 0. The molecule has 56 valence electrons. The van der Waals surface area contributed by atoms with Crippen molar-refractivity contribution >= 4 is 5.84 Å². The van der Waals surface area contributed by atoms with Crippen LogP contribution in [0.5, 0.6) is 0 Å². The Bertz CT molecular complexity index is 173. The lowest BCUT2D eigenvalue weighted by Crippen LogP contribution is -2.05. The first-order valence-corrected chi connectivity index (χ1v) is 3.45. The van der Waals surface area contributed by atoms with Crippen LogP contribution in [0.1, 0.15) is 19.8 Å². The predicted octanol–water partition coefficient (Wildman–Crippen LogP) is 0.574. The molecule has 1 saturated carbocycles. The first kappa shape index (κ1) is 7.12. The number of nitrogens with zero attached hydrogens (tertiary/aromatic N) is 1. The van der Waals surface area contributed by atoms with Crippen molar-refractivity contribution in [1.29, 1.82) is 0 Å². The van der Waals surface area contributed by atoms with E-state index in [-0.39, 0.29) is 0 Å². The summed E-state index contributed by atoms with van der Waals surface area (Å²) in [5.74, 6) is 1.15. The molecule has 0 bridgehead atoms. The molecule has 0 amide bonds. The second kappa shape index (κ2) is 2.73. The number of hydrogen-bond donors (Lipinski definition) is 2. The van der Waals surface area contributed by atoms with Gasteiger partial charge >= 0.3 is 0 Å². The third-order valence-electron chi connectivity index (χ3n) is 1.47. The van der Waals surface area contributed by atoms with Crippen molar-refractivity contribution in [1.82, 2.24) is 0 Å². The summed E-state index contributed by atoms with van der Waals surface area (Å²) < 4.78 is 0. The van der Waals surface area contributed by atoms with E-state index in [4.69, 9.17) is 11.5 Å². The third-order valence-corrected chi connectivity index (χ3v) is 1.47. The molecule has 0 atom stereocenters. The summed E-state index contributed by atoms with van der Waals surface area (Å²) in [7, 11) is 0. The molecule has 0 aromatic carbocycles. The predicted molar refractivity (Wildman–Crippen MR) is 42.3 cm³/mol. The van der Waals surface area contributed by atoms with Gasteiger partial charge in [0.15, 0.2) is 0 Å². The maximum Gasteiger partial charge on any atom is 0.0958 e. The Kier molecular flexibility index (Phi) is 1.94. The lowest BCUT2D eigenvalue weighted by molar-refractivity contribution is 0.971. The molecule has 0 aromatic heterocycles. The smallest absolute Gasteiger partial charge is 0.0958 e. The zero-order valence-corrected chi connectivity index (χ0v) is 6.17. The normalized spacial score (nSPS) is 21.3. The Morgan fingerprint density at radius 3 is 2.50 bits per heavy atom. The Labute approximate surface area is 60.8 Å². The first-order valence-electron chi connectivity index (χ1n) is 3.45. The van der Waals surface area contributed by atoms with E-state index in [0.717, 1.165) is 5.70 Å². The van der Waals surface area contributed by atoms with Gasteiger partial charge in [-0.15, -0.1) is 0 Å². The fourth-order valence-electron chi connectivity index (χ4n) is 0.698. The van der Waals surface area contributed by atoms with Gasteiger partial charge in [0.1, 0.15) is 0 Å². The molecule has 0 aliphatic heterocycles. The van der Waals surface area contributed by atoms with Gasteiger partial charge in [-0.05, 0) is 19.8 Å². The number of allylic oxidation sites excluding steroid dienone is 1. The van der Waals surface area contributed by atoms with Gasteiger partial charge in [0, 0.05) is 17.8 Å². The fourth-order valence-corrected chi connectivity index (χ4v) is 0.698. The maximum absolute atomic E-state index is 5.63. The van der Waals surface area contributed by atoms with Crippen molar-refractivity contribution in [2.45, 2.75) is 19.8 Å².